The summed E-state index contributed by atoms with van der Waals surface area (Å²) in [5.41, 5.74) is 2.73. The monoisotopic (exact) mass is 437 g/mol. The van der Waals surface area contributed by atoms with E-state index in [1.807, 2.05) is 13.0 Å². The van der Waals surface area contributed by atoms with Crippen LogP contribution in [0.1, 0.15) is 62.6 Å². The molecule has 0 bridgehead atoms. The lowest BCUT2D eigenvalue weighted by Crippen LogP contribution is -2.35. The zero-order valence-electron chi connectivity index (χ0n) is 18.0. The molecular weight excluding hydrogens is 414 g/mol. The molecule has 2 aromatic heterocycles. The molecule has 0 unspecified atom stereocenters. The maximum Gasteiger partial charge on any atom is 0.420 e. The molecule has 31 heavy (non-hydrogen) atoms. The molecule has 2 heterocycles. The molecule has 0 aliphatic heterocycles. The Morgan fingerprint density at radius 1 is 1.29 bits per heavy atom. The number of hydrogen-bond acceptors (Lipinski definition) is 5. The number of rotatable bonds is 3. The van der Waals surface area contributed by atoms with Crippen LogP contribution >= 0.6 is 11.6 Å². The number of ether oxygens (including phenoxy) is 1. The molecule has 0 spiro atoms. The van der Waals surface area contributed by atoms with Gasteiger partial charge in [-0.25, -0.2) is 14.7 Å². The van der Waals surface area contributed by atoms with Gasteiger partial charge >= 0.3 is 6.09 Å². The highest BCUT2D eigenvalue weighted by Crippen LogP contribution is 2.39. The van der Waals surface area contributed by atoms with Crippen molar-refractivity contribution in [1.29, 1.82) is 5.26 Å². The van der Waals surface area contributed by atoms with Gasteiger partial charge in [0.2, 0.25) is 0 Å². The summed E-state index contributed by atoms with van der Waals surface area (Å²) in [7, 11) is 0. The Morgan fingerprint density at radius 2 is 2.03 bits per heavy atom. The van der Waals surface area contributed by atoms with Crippen LogP contribution in [-0.4, -0.2) is 26.3 Å². The van der Waals surface area contributed by atoms with Gasteiger partial charge in [-0.05, 0) is 70.2 Å². The number of nitrogens with zero attached hydrogens (tertiary/aromatic N) is 5. The number of aromatic nitrogens is 3. The fourth-order valence-corrected chi connectivity index (χ4v) is 3.87. The van der Waals surface area contributed by atoms with Gasteiger partial charge in [0.05, 0.1) is 23.5 Å². The molecule has 1 aliphatic carbocycles. The van der Waals surface area contributed by atoms with E-state index >= 15 is 0 Å². The molecule has 160 valence electrons. The third kappa shape index (κ3) is 4.21. The highest BCUT2D eigenvalue weighted by atomic mass is 35.5. The van der Waals surface area contributed by atoms with Gasteiger partial charge in [0.1, 0.15) is 16.6 Å². The number of carbonyl (C=O) groups excluding carboxylic acids is 1. The fourth-order valence-electron chi connectivity index (χ4n) is 3.70. The summed E-state index contributed by atoms with van der Waals surface area (Å²) in [5, 5.41) is 14.2. The first-order valence-corrected chi connectivity index (χ1v) is 10.6. The van der Waals surface area contributed by atoms with Crippen molar-refractivity contribution in [3.63, 3.8) is 0 Å². The number of aryl methyl sites for hydroxylation is 1. The Balaban J connectivity index is 1.93. The van der Waals surface area contributed by atoms with Crippen molar-refractivity contribution in [3.8, 4) is 6.07 Å². The van der Waals surface area contributed by atoms with Gasteiger partial charge in [-0.2, -0.15) is 14.9 Å². The summed E-state index contributed by atoms with van der Waals surface area (Å²) >= 11 is 6.39. The van der Waals surface area contributed by atoms with Gasteiger partial charge in [-0.1, -0.05) is 18.0 Å². The highest BCUT2D eigenvalue weighted by Gasteiger charge is 2.30. The number of benzene rings is 1. The number of anilines is 2. The summed E-state index contributed by atoms with van der Waals surface area (Å²) in [6.07, 6.45) is 4.57. The lowest BCUT2D eigenvalue weighted by atomic mass is 9.81. The van der Waals surface area contributed by atoms with Crippen LogP contribution in [0.5, 0.6) is 0 Å². The second-order valence-electron chi connectivity index (χ2n) is 8.89. The molecule has 1 aromatic carbocycles. The van der Waals surface area contributed by atoms with Crippen molar-refractivity contribution >= 4 is 34.8 Å². The molecule has 0 atom stereocenters. The molecular formula is C23H24ClN5O2. The number of nitriles is 1. The molecule has 0 N–H and O–H groups in total. The molecule has 0 radical (unpaired) electrons. The Kier molecular flexibility index (Phi) is 5.36. The average molecular weight is 438 g/mol. The molecule has 4 rings (SSSR count). The third-order valence-electron chi connectivity index (χ3n) is 5.25. The van der Waals surface area contributed by atoms with Crippen LogP contribution in [0.25, 0.3) is 5.65 Å². The predicted octanol–water partition coefficient (Wildman–Crippen LogP) is 5.90. The van der Waals surface area contributed by atoms with E-state index in [1.165, 1.54) is 11.3 Å². The maximum absolute atomic E-state index is 13.3. The first kappa shape index (κ1) is 21.1. The van der Waals surface area contributed by atoms with Crippen molar-refractivity contribution in [3.05, 3.63) is 52.3 Å². The summed E-state index contributed by atoms with van der Waals surface area (Å²) in [6, 6.07) is 8.96. The van der Waals surface area contributed by atoms with Gasteiger partial charge in [-0.3, -0.25) is 0 Å². The van der Waals surface area contributed by atoms with Crippen LogP contribution < -0.4 is 4.90 Å². The van der Waals surface area contributed by atoms with Crippen LogP contribution in [0, 0.1) is 18.3 Å². The van der Waals surface area contributed by atoms with Crippen molar-refractivity contribution in [2.24, 2.45) is 0 Å². The Hall–Kier alpha value is -3.11. The minimum Gasteiger partial charge on any atom is -0.443 e. The molecule has 1 fully saturated rings. The normalized spacial score (nSPS) is 14.2. The zero-order chi connectivity index (χ0) is 22.3. The Bertz CT molecular complexity index is 1200. The molecule has 1 amide bonds. The fraction of sp³-hybridized carbons (Fsp3) is 0.391. The quantitative estimate of drug-likeness (QED) is 0.476. The van der Waals surface area contributed by atoms with E-state index in [9.17, 15) is 10.1 Å². The highest BCUT2D eigenvalue weighted by molar-refractivity contribution is 6.30. The van der Waals surface area contributed by atoms with Gasteiger partial charge in [0.25, 0.3) is 0 Å². The van der Waals surface area contributed by atoms with E-state index in [1.54, 1.807) is 49.7 Å². The van der Waals surface area contributed by atoms with Gasteiger partial charge in [0.15, 0.2) is 5.65 Å². The van der Waals surface area contributed by atoms with E-state index in [4.69, 9.17) is 16.3 Å². The average Bonchev–Trinajstić information content (AvgIpc) is 3.02. The zero-order valence-corrected chi connectivity index (χ0v) is 18.8. The van der Waals surface area contributed by atoms with E-state index in [0.717, 1.165) is 24.0 Å². The van der Waals surface area contributed by atoms with Crippen LogP contribution in [0.15, 0.2) is 30.5 Å². The van der Waals surface area contributed by atoms with Crippen molar-refractivity contribution in [1.82, 2.24) is 14.6 Å². The second kappa shape index (κ2) is 7.86. The summed E-state index contributed by atoms with van der Waals surface area (Å²) in [5.74, 6) is 0.805. The van der Waals surface area contributed by atoms with Crippen LogP contribution in [-0.2, 0) is 4.74 Å². The number of halogens is 1. The maximum atomic E-state index is 13.3. The van der Waals surface area contributed by atoms with Crippen LogP contribution in [0.3, 0.4) is 0 Å². The minimum atomic E-state index is -0.714. The van der Waals surface area contributed by atoms with Crippen LogP contribution in [0.4, 0.5) is 16.3 Å². The molecule has 3 aromatic rings. The first-order chi connectivity index (χ1) is 14.7. The van der Waals surface area contributed by atoms with Crippen molar-refractivity contribution < 1.29 is 9.53 Å². The standard InChI is InChI=1S/C23H24ClN5O2/c1-14-8-15(12-25)10-17(9-14)28(22(30)31-23(2,3)4)20-11-19(24)27-21-18(13-26-29(20)21)16-6-5-7-16/h8-11,13,16H,5-7H2,1-4H3. The number of hydrogen-bond donors (Lipinski definition) is 0. The third-order valence-corrected chi connectivity index (χ3v) is 5.44. The minimum absolute atomic E-state index is 0.255. The smallest absolute Gasteiger partial charge is 0.420 e. The van der Waals surface area contributed by atoms with E-state index in [2.05, 4.69) is 16.2 Å². The molecule has 1 aliphatic rings. The number of fused-ring (bicyclic) bond motifs is 1. The van der Waals surface area contributed by atoms with E-state index in [0.29, 0.717) is 28.6 Å². The molecule has 0 saturated heterocycles. The Labute approximate surface area is 186 Å². The van der Waals surface area contributed by atoms with Crippen LogP contribution in [0.2, 0.25) is 5.15 Å². The van der Waals surface area contributed by atoms with E-state index in [-0.39, 0.29) is 5.15 Å². The summed E-state index contributed by atoms with van der Waals surface area (Å²) in [6.45, 7) is 7.28. The van der Waals surface area contributed by atoms with Gasteiger partial charge in [0, 0.05) is 11.6 Å². The molecule has 7 nitrogen and oxygen atoms in total. The number of amides is 1. The predicted molar refractivity (Wildman–Crippen MR) is 119 cm³/mol. The van der Waals surface area contributed by atoms with E-state index < -0.39 is 11.7 Å². The van der Waals surface area contributed by atoms with Gasteiger partial charge in [-0.15, -0.1) is 0 Å². The van der Waals surface area contributed by atoms with Crippen molar-refractivity contribution in [2.75, 3.05) is 4.90 Å². The number of carbonyl (C=O) groups is 1. The van der Waals surface area contributed by atoms with Gasteiger partial charge < -0.3 is 4.74 Å². The summed E-state index contributed by atoms with van der Waals surface area (Å²) in [4.78, 5) is 19.2. The Morgan fingerprint density at radius 3 is 2.65 bits per heavy atom. The topological polar surface area (TPSA) is 83.5 Å². The first-order valence-electron chi connectivity index (χ1n) is 10.3. The summed E-state index contributed by atoms with van der Waals surface area (Å²) < 4.78 is 7.32. The lowest BCUT2D eigenvalue weighted by Gasteiger charge is -2.28. The molecule has 1 saturated carbocycles. The second-order valence-corrected chi connectivity index (χ2v) is 9.27. The largest absolute Gasteiger partial charge is 0.443 e. The van der Waals surface area contributed by atoms with Crippen molar-refractivity contribution in [2.45, 2.75) is 58.5 Å². The lowest BCUT2D eigenvalue weighted by molar-refractivity contribution is 0.0597. The molecule has 8 heteroatoms. The SMILES string of the molecule is Cc1cc(C#N)cc(N(C(=O)OC(C)(C)C)c2cc(Cl)nc3c(C4CCC4)cnn23)c1.